The maximum Gasteiger partial charge on any atom is 0.293 e. The van der Waals surface area contributed by atoms with Crippen molar-refractivity contribution in [2.75, 3.05) is 37.6 Å². The molecule has 3 amide bonds. The van der Waals surface area contributed by atoms with Gasteiger partial charge in [-0.05, 0) is 73.7 Å². The standard InChI is InChI=1S/C44H47FN10O4/c1-25-20-28(7-10-31(25)26(2)48-42(58)40-50-43(59-53-40)44(3,4)5)38-34-22-29(23-47-39(34)52-51-38)36-12-8-30(24-46-36)55-18-16-54(17-19-55)15-14-27-6-9-32(35(45)21-27)33-11-13-37(56)49-41(33)57/h6-10,12,20-24,26,33H,11,13-19H2,1-5H3,(H,48,58)(H,47,51,52)(H,49,56,57)/t26-,33-/m1/s1. The number of piperidine rings is 1. The third-order valence-electron chi connectivity index (χ3n) is 11.2. The first-order chi connectivity index (χ1) is 28.3. The van der Waals surface area contributed by atoms with E-state index in [1.807, 2.05) is 65.1 Å². The summed E-state index contributed by atoms with van der Waals surface area (Å²) < 4.78 is 20.3. The third kappa shape index (κ3) is 8.46. The molecule has 8 rings (SSSR count). The number of carbonyl (C=O) groups is 3. The highest BCUT2D eigenvalue weighted by molar-refractivity contribution is 6.01. The van der Waals surface area contributed by atoms with Crippen molar-refractivity contribution in [3.63, 3.8) is 0 Å². The van der Waals surface area contributed by atoms with Crippen LogP contribution in [0.3, 0.4) is 0 Å². The van der Waals surface area contributed by atoms with E-state index >= 15 is 4.39 Å². The van der Waals surface area contributed by atoms with E-state index in [0.717, 1.165) is 83.0 Å². The van der Waals surface area contributed by atoms with Crippen LogP contribution in [0.1, 0.15) is 91.3 Å². The van der Waals surface area contributed by atoms with E-state index in [-0.39, 0.29) is 29.6 Å². The number of piperazine rings is 1. The minimum absolute atomic E-state index is 0.00693. The van der Waals surface area contributed by atoms with Crippen molar-refractivity contribution < 1.29 is 23.3 Å². The van der Waals surface area contributed by atoms with Gasteiger partial charge in [0, 0.05) is 72.8 Å². The molecule has 2 fully saturated rings. The van der Waals surface area contributed by atoms with Gasteiger partial charge in [-0.25, -0.2) is 9.37 Å². The number of anilines is 1. The average molecular weight is 799 g/mol. The highest BCUT2D eigenvalue weighted by atomic mass is 19.1. The van der Waals surface area contributed by atoms with Crippen LogP contribution < -0.4 is 15.5 Å². The Labute approximate surface area is 341 Å². The molecule has 0 unspecified atom stereocenters. The van der Waals surface area contributed by atoms with E-state index < -0.39 is 23.5 Å². The number of rotatable bonds is 10. The zero-order valence-electron chi connectivity index (χ0n) is 33.8. The molecule has 0 radical (unpaired) electrons. The van der Waals surface area contributed by atoms with Gasteiger partial charge in [0.05, 0.1) is 29.5 Å². The second-order valence-electron chi connectivity index (χ2n) is 16.5. The number of pyridine rings is 2. The largest absolute Gasteiger partial charge is 0.368 e. The molecule has 0 aliphatic carbocycles. The quantitative estimate of drug-likeness (QED) is 0.135. The summed E-state index contributed by atoms with van der Waals surface area (Å²) in [6.45, 7) is 14.0. The molecule has 59 heavy (non-hydrogen) atoms. The molecule has 15 heteroatoms. The van der Waals surface area contributed by atoms with Crippen LogP contribution >= 0.6 is 0 Å². The number of nitrogens with one attached hydrogen (secondary N) is 3. The van der Waals surface area contributed by atoms with Crippen LogP contribution in [-0.2, 0) is 21.4 Å². The van der Waals surface area contributed by atoms with Crippen molar-refractivity contribution in [3.8, 4) is 22.5 Å². The number of aromatic nitrogens is 6. The minimum Gasteiger partial charge on any atom is -0.368 e. The molecule has 6 heterocycles. The van der Waals surface area contributed by atoms with E-state index in [9.17, 15) is 14.4 Å². The normalized spacial score (nSPS) is 17.0. The van der Waals surface area contributed by atoms with Crippen LogP contribution in [0.25, 0.3) is 33.5 Å². The van der Waals surface area contributed by atoms with Crippen LogP contribution in [-0.4, -0.2) is 85.7 Å². The molecule has 0 saturated carbocycles. The Kier molecular flexibility index (Phi) is 10.8. The second-order valence-corrected chi connectivity index (χ2v) is 16.5. The first-order valence-electron chi connectivity index (χ1n) is 20.0. The lowest BCUT2D eigenvalue weighted by molar-refractivity contribution is -0.134. The van der Waals surface area contributed by atoms with E-state index in [1.54, 1.807) is 12.3 Å². The molecule has 0 bridgehead atoms. The SMILES string of the molecule is Cc1cc(-c2n[nH]c3ncc(-c4ccc(N5CCN(CCc6ccc([C@H]7CCC(=O)NC7=O)c(F)c6)CC5)cn4)cc23)ccc1[C@@H](C)NC(=O)c1noc(C(C)(C)C)n1. The number of hydrogen-bond donors (Lipinski definition) is 3. The molecular formula is C44H47FN10O4. The summed E-state index contributed by atoms with van der Waals surface area (Å²) in [5.41, 5.74) is 7.90. The molecule has 14 nitrogen and oxygen atoms in total. The van der Waals surface area contributed by atoms with Crippen molar-refractivity contribution in [3.05, 3.63) is 107 Å². The number of aryl methyl sites for hydroxylation is 1. The van der Waals surface area contributed by atoms with Gasteiger partial charge in [0.25, 0.3) is 11.7 Å². The van der Waals surface area contributed by atoms with E-state index in [2.05, 4.69) is 64.0 Å². The van der Waals surface area contributed by atoms with Gasteiger partial charge in [0.2, 0.25) is 17.7 Å². The lowest BCUT2D eigenvalue weighted by Gasteiger charge is -2.36. The second kappa shape index (κ2) is 16.1. The lowest BCUT2D eigenvalue weighted by atomic mass is 9.89. The lowest BCUT2D eigenvalue weighted by Crippen LogP contribution is -2.47. The molecule has 2 aromatic carbocycles. The first kappa shape index (κ1) is 39.5. The summed E-state index contributed by atoms with van der Waals surface area (Å²) in [7, 11) is 0. The zero-order valence-corrected chi connectivity index (χ0v) is 33.8. The number of amides is 3. The Morgan fingerprint density at radius 3 is 2.51 bits per heavy atom. The van der Waals surface area contributed by atoms with Gasteiger partial charge < -0.3 is 14.7 Å². The van der Waals surface area contributed by atoms with Gasteiger partial charge in [-0.3, -0.25) is 34.7 Å². The fraction of sp³-hybridized carbons (Fsp3) is 0.364. The number of hydrogen-bond acceptors (Lipinski definition) is 11. The van der Waals surface area contributed by atoms with Gasteiger partial charge in [0.15, 0.2) is 5.65 Å². The highest BCUT2D eigenvalue weighted by Crippen LogP contribution is 2.32. The minimum atomic E-state index is -0.629. The van der Waals surface area contributed by atoms with Gasteiger partial charge in [-0.15, -0.1) is 0 Å². The third-order valence-corrected chi connectivity index (χ3v) is 11.2. The summed E-state index contributed by atoms with van der Waals surface area (Å²) >= 11 is 0. The number of H-pyrrole nitrogens is 1. The van der Waals surface area contributed by atoms with E-state index in [0.29, 0.717) is 29.9 Å². The molecular weight excluding hydrogens is 752 g/mol. The molecule has 2 aliphatic rings. The molecule has 2 atom stereocenters. The predicted molar refractivity (Wildman–Crippen MR) is 220 cm³/mol. The maximum atomic E-state index is 15.0. The van der Waals surface area contributed by atoms with Gasteiger partial charge in [-0.1, -0.05) is 50.2 Å². The number of nitrogens with zero attached hydrogens (tertiary/aromatic N) is 7. The predicted octanol–water partition coefficient (Wildman–Crippen LogP) is 6.19. The van der Waals surface area contributed by atoms with Gasteiger partial charge in [-0.2, -0.15) is 10.1 Å². The van der Waals surface area contributed by atoms with Crippen molar-refractivity contribution >= 4 is 34.4 Å². The maximum absolute atomic E-state index is 15.0. The summed E-state index contributed by atoms with van der Waals surface area (Å²) in [6, 6.07) is 17.0. The first-order valence-corrected chi connectivity index (χ1v) is 20.0. The highest BCUT2D eigenvalue weighted by Gasteiger charge is 2.30. The number of imide groups is 1. The Balaban J connectivity index is 0.870. The Morgan fingerprint density at radius 1 is 1.00 bits per heavy atom. The summed E-state index contributed by atoms with van der Waals surface area (Å²) in [4.78, 5) is 55.1. The molecule has 3 N–H and O–H groups in total. The molecule has 0 spiro atoms. The summed E-state index contributed by atoms with van der Waals surface area (Å²) in [6.07, 6.45) is 4.95. The van der Waals surface area contributed by atoms with Crippen LogP contribution in [0.15, 0.2) is 71.5 Å². The number of fused-ring (bicyclic) bond motifs is 1. The Hall–Kier alpha value is -6.35. The molecule has 2 saturated heterocycles. The van der Waals surface area contributed by atoms with Gasteiger partial charge in [0.1, 0.15) is 11.5 Å². The topological polar surface area (TPSA) is 175 Å². The number of carbonyl (C=O) groups excluding carboxylic acids is 3. The molecule has 304 valence electrons. The number of benzene rings is 2. The van der Waals surface area contributed by atoms with E-state index in [4.69, 9.17) is 9.51 Å². The summed E-state index contributed by atoms with van der Waals surface area (Å²) in [5, 5.41) is 17.7. The fourth-order valence-corrected chi connectivity index (χ4v) is 7.79. The van der Waals surface area contributed by atoms with Crippen LogP contribution in [0.5, 0.6) is 0 Å². The molecule has 6 aromatic rings. The monoisotopic (exact) mass is 798 g/mol. The molecule has 2 aliphatic heterocycles. The Morgan fingerprint density at radius 2 is 1.81 bits per heavy atom. The Bertz CT molecular complexity index is 2540. The zero-order chi connectivity index (χ0) is 41.4. The van der Waals surface area contributed by atoms with Crippen LogP contribution in [0.2, 0.25) is 0 Å². The van der Waals surface area contributed by atoms with Crippen molar-refractivity contribution in [1.82, 2.24) is 45.8 Å². The van der Waals surface area contributed by atoms with Crippen molar-refractivity contribution in [2.24, 2.45) is 0 Å². The van der Waals surface area contributed by atoms with E-state index in [1.165, 1.54) is 6.07 Å². The fourth-order valence-electron chi connectivity index (χ4n) is 7.79. The smallest absolute Gasteiger partial charge is 0.293 e. The van der Waals surface area contributed by atoms with Crippen molar-refractivity contribution in [1.29, 1.82) is 0 Å². The average Bonchev–Trinajstić information content (AvgIpc) is 3.90. The number of aromatic amines is 1. The van der Waals surface area contributed by atoms with Crippen LogP contribution in [0.4, 0.5) is 10.1 Å². The van der Waals surface area contributed by atoms with Crippen LogP contribution in [0, 0.1) is 12.7 Å². The van der Waals surface area contributed by atoms with Crippen molar-refractivity contribution in [2.45, 2.75) is 71.3 Å². The molecule has 4 aromatic heterocycles. The van der Waals surface area contributed by atoms with Gasteiger partial charge >= 0.3 is 0 Å². The summed E-state index contributed by atoms with van der Waals surface area (Å²) in [5.74, 6) is -1.75. The number of halogens is 1.